The van der Waals surface area contributed by atoms with E-state index in [1.807, 2.05) is 19.2 Å². The minimum Gasteiger partial charge on any atom is -0.353 e. The monoisotopic (exact) mass is 423 g/mol. The van der Waals surface area contributed by atoms with Gasteiger partial charge >= 0.3 is 0 Å². The predicted molar refractivity (Wildman–Crippen MR) is 121 cm³/mol. The van der Waals surface area contributed by atoms with Crippen molar-refractivity contribution in [2.45, 2.75) is 77.7 Å². The Labute approximate surface area is 186 Å². The Morgan fingerprint density at radius 1 is 1.06 bits per heavy atom. The van der Waals surface area contributed by atoms with Crippen LogP contribution in [0.15, 0.2) is 24.5 Å². The maximum atomic E-state index is 13.1. The largest absolute Gasteiger partial charge is 0.353 e. The van der Waals surface area contributed by atoms with Gasteiger partial charge in [0, 0.05) is 44.0 Å². The zero-order valence-corrected chi connectivity index (χ0v) is 19.3. The third-order valence-electron chi connectivity index (χ3n) is 10.1. The van der Waals surface area contributed by atoms with E-state index in [4.69, 9.17) is 0 Å². The second kappa shape index (κ2) is 7.60. The fourth-order valence-corrected chi connectivity index (χ4v) is 8.21. The van der Waals surface area contributed by atoms with Gasteiger partial charge in [-0.3, -0.25) is 14.6 Å². The first-order valence-electron chi connectivity index (χ1n) is 12.3. The number of pyridine rings is 1. The molecule has 0 spiro atoms. The van der Waals surface area contributed by atoms with Crippen LogP contribution in [0, 0.1) is 34.5 Å². The Kier molecular flexibility index (Phi) is 5.14. The number of aromatic nitrogens is 1. The molecule has 0 radical (unpaired) electrons. The van der Waals surface area contributed by atoms with E-state index in [0.717, 1.165) is 36.3 Å². The molecule has 1 aromatic rings. The van der Waals surface area contributed by atoms with E-state index in [1.165, 1.54) is 32.1 Å². The molecule has 31 heavy (non-hydrogen) atoms. The maximum Gasteiger partial charge on any atom is 0.227 e. The number of nitrogens with one attached hydrogen (secondary N) is 1. The maximum absolute atomic E-state index is 13.1. The summed E-state index contributed by atoms with van der Waals surface area (Å²) < 4.78 is 0. The molecule has 5 nitrogen and oxygen atoms in total. The number of carbonyl (C=O) groups excluding carboxylic acids is 2. The van der Waals surface area contributed by atoms with Crippen molar-refractivity contribution in [3.8, 4) is 0 Å². The van der Waals surface area contributed by atoms with Crippen molar-refractivity contribution in [3.63, 3.8) is 0 Å². The molecule has 1 saturated heterocycles. The third-order valence-corrected chi connectivity index (χ3v) is 10.1. The molecule has 4 aliphatic rings. The first kappa shape index (κ1) is 21.0. The standard InChI is InChI=1S/C26H37N3O2/c1-25-12-8-21-19(5-7-22-26(21,2)13-9-23(30)28-22)20(25)6-4-17(25)16-24(31)29(3)18-10-14-27-15-11-18/h10-11,14-15,17,19-22H,4-9,12-13,16H2,1-3H3,(H,28,30)/t17-,19+,20+,21+,22-,25-,26-/m1/s1. The summed E-state index contributed by atoms with van der Waals surface area (Å²) in [5.41, 5.74) is 1.46. The quantitative estimate of drug-likeness (QED) is 0.774. The number of piperidine rings is 1. The second-order valence-electron chi connectivity index (χ2n) is 11.3. The SMILES string of the molecule is CN(C(=O)C[C@H]1CC[C@H]2[C@@H]3CC[C@H]4NC(=O)CC[C@]4(C)[C@H]3CC[C@]12C)c1ccncc1. The summed E-state index contributed by atoms with van der Waals surface area (Å²) in [4.78, 5) is 31.0. The van der Waals surface area contributed by atoms with E-state index in [9.17, 15) is 9.59 Å². The molecule has 0 bridgehead atoms. The Balaban J connectivity index is 1.31. The van der Waals surface area contributed by atoms with Crippen molar-refractivity contribution in [1.29, 1.82) is 0 Å². The van der Waals surface area contributed by atoms with Crippen LogP contribution in [0.5, 0.6) is 0 Å². The molecular formula is C26H37N3O2. The molecule has 1 aromatic heterocycles. The molecule has 1 aliphatic heterocycles. The number of hydrogen-bond donors (Lipinski definition) is 1. The van der Waals surface area contributed by atoms with Crippen molar-refractivity contribution in [2.24, 2.45) is 34.5 Å². The van der Waals surface area contributed by atoms with Crippen molar-refractivity contribution in [1.82, 2.24) is 10.3 Å². The number of carbonyl (C=O) groups is 2. The molecule has 168 valence electrons. The van der Waals surface area contributed by atoms with Crippen molar-refractivity contribution in [2.75, 3.05) is 11.9 Å². The molecule has 0 aromatic carbocycles. The Morgan fingerprint density at radius 2 is 1.81 bits per heavy atom. The van der Waals surface area contributed by atoms with Gasteiger partial charge in [-0.1, -0.05) is 13.8 Å². The van der Waals surface area contributed by atoms with Crippen LogP contribution in [0.1, 0.15) is 71.6 Å². The fraction of sp³-hybridized carbons (Fsp3) is 0.731. The molecule has 2 heterocycles. The Hall–Kier alpha value is -1.91. The second-order valence-corrected chi connectivity index (χ2v) is 11.3. The average Bonchev–Trinajstić information content (AvgIpc) is 3.10. The summed E-state index contributed by atoms with van der Waals surface area (Å²) in [6, 6.07) is 4.18. The molecule has 3 aliphatic carbocycles. The summed E-state index contributed by atoms with van der Waals surface area (Å²) in [6.07, 6.45) is 13.2. The number of hydrogen-bond acceptors (Lipinski definition) is 3. The van der Waals surface area contributed by atoms with E-state index in [-0.39, 0.29) is 22.6 Å². The fourth-order valence-electron chi connectivity index (χ4n) is 8.21. The average molecular weight is 424 g/mol. The van der Waals surface area contributed by atoms with Crippen LogP contribution in [-0.4, -0.2) is 29.9 Å². The van der Waals surface area contributed by atoms with E-state index in [2.05, 4.69) is 24.1 Å². The molecule has 5 rings (SSSR count). The van der Waals surface area contributed by atoms with Gasteiger partial charge in [-0.05, 0) is 91.6 Å². The first-order valence-corrected chi connectivity index (χ1v) is 12.3. The smallest absolute Gasteiger partial charge is 0.227 e. The summed E-state index contributed by atoms with van der Waals surface area (Å²) in [7, 11) is 1.89. The van der Waals surface area contributed by atoms with Gasteiger partial charge in [0.25, 0.3) is 0 Å². The van der Waals surface area contributed by atoms with E-state index in [1.54, 1.807) is 17.3 Å². The predicted octanol–water partition coefficient (Wildman–Crippen LogP) is 4.57. The molecule has 7 atom stereocenters. The van der Waals surface area contributed by atoms with Gasteiger partial charge in [0.1, 0.15) is 0 Å². The van der Waals surface area contributed by atoms with Crippen LogP contribution in [0.2, 0.25) is 0 Å². The number of amides is 2. The molecule has 0 unspecified atom stereocenters. The number of fused-ring (bicyclic) bond motifs is 5. The number of anilines is 1. The van der Waals surface area contributed by atoms with Crippen LogP contribution >= 0.6 is 0 Å². The molecule has 1 N–H and O–H groups in total. The minimum atomic E-state index is 0.228. The summed E-state index contributed by atoms with van der Waals surface area (Å²) >= 11 is 0. The van der Waals surface area contributed by atoms with Crippen molar-refractivity contribution < 1.29 is 9.59 Å². The lowest BCUT2D eigenvalue weighted by Gasteiger charge is -2.60. The highest BCUT2D eigenvalue weighted by Crippen LogP contribution is 2.66. The van der Waals surface area contributed by atoms with Gasteiger partial charge in [-0.15, -0.1) is 0 Å². The summed E-state index contributed by atoms with van der Waals surface area (Å²) in [5, 5.41) is 3.33. The lowest BCUT2D eigenvalue weighted by molar-refractivity contribution is -0.137. The van der Waals surface area contributed by atoms with E-state index < -0.39 is 0 Å². The van der Waals surface area contributed by atoms with Crippen LogP contribution in [0.4, 0.5) is 5.69 Å². The Bertz CT molecular complexity index is 857. The first-order chi connectivity index (χ1) is 14.8. The molecule has 4 fully saturated rings. The van der Waals surface area contributed by atoms with E-state index >= 15 is 0 Å². The molecule has 5 heteroatoms. The third kappa shape index (κ3) is 3.30. The highest BCUT2D eigenvalue weighted by Gasteiger charge is 2.60. The molecule has 3 saturated carbocycles. The van der Waals surface area contributed by atoms with Gasteiger partial charge in [0.15, 0.2) is 0 Å². The van der Waals surface area contributed by atoms with Crippen molar-refractivity contribution in [3.05, 3.63) is 24.5 Å². The zero-order valence-electron chi connectivity index (χ0n) is 19.3. The van der Waals surface area contributed by atoms with Gasteiger partial charge in [0.2, 0.25) is 11.8 Å². The zero-order chi connectivity index (χ0) is 21.8. The van der Waals surface area contributed by atoms with E-state index in [0.29, 0.717) is 24.8 Å². The normalized spacial score (nSPS) is 41.5. The topological polar surface area (TPSA) is 62.3 Å². The number of rotatable bonds is 3. The molecule has 2 amide bonds. The Morgan fingerprint density at radius 3 is 2.58 bits per heavy atom. The highest BCUT2D eigenvalue weighted by atomic mass is 16.2. The summed E-state index contributed by atoms with van der Waals surface area (Å²) in [6.45, 7) is 4.94. The van der Waals surface area contributed by atoms with Crippen LogP contribution < -0.4 is 10.2 Å². The number of nitrogens with zero attached hydrogens (tertiary/aromatic N) is 2. The van der Waals surface area contributed by atoms with Gasteiger partial charge < -0.3 is 10.2 Å². The van der Waals surface area contributed by atoms with Gasteiger partial charge in [0.05, 0.1) is 0 Å². The van der Waals surface area contributed by atoms with Crippen LogP contribution in [0.3, 0.4) is 0 Å². The van der Waals surface area contributed by atoms with Gasteiger partial charge in [-0.25, -0.2) is 0 Å². The lowest BCUT2D eigenvalue weighted by Crippen LogP contribution is -2.61. The molecular weight excluding hydrogens is 386 g/mol. The van der Waals surface area contributed by atoms with Gasteiger partial charge in [-0.2, -0.15) is 0 Å². The lowest BCUT2D eigenvalue weighted by atomic mass is 9.47. The van der Waals surface area contributed by atoms with Crippen LogP contribution in [-0.2, 0) is 9.59 Å². The van der Waals surface area contributed by atoms with Crippen LogP contribution in [0.25, 0.3) is 0 Å². The highest BCUT2D eigenvalue weighted by molar-refractivity contribution is 5.92. The van der Waals surface area contributed by atoms with Crippen molar-refractivity contribution >= 4 is 17.5 Å². The minimum absolute atomic E-state index is 0.228. The summed E-state index contributed by atoms with van der Waals surface area (Å²) in [5.74, 6) is 3.16.